The fourth-order valence-electron chi connectivity index (χ4n) is 1.61. The molecule has 0 heterocycles. The van der Waals surface area contributed by atoms with Crippen molar-refractivity contribution in [2.75, 3.05) is 42.7 Å². The second-order valence-electron chi connectivity index (χ2n) is 3.59. The summed E-state index contributed by atoms with van der Waals surface area (Å²) in [6.45, 7) is 3.97. The maximum absolute atomic E-state index is 5.34. The van der Waals surface area contributed by atoms with Gasteiger partial charge in [0.05, 0.1) is 0 Å². The number of allylic oxidation sites excluding steroid dienone is 2. The van der Waals surface area contributed by atoms with Gasteiger partial charge in [-0.3, -0.25) is 0 Å². The molecule has 0 unspecified atom stereocenters. The summed E-state index contributed by atoms with van der Waals surface area (Å²) >= 11 is 0. The molecule has 0 fully saturated rings. The van der Waals surface area contributed by atoms with Gasteiger partial charge in [0.2, 0.25) is 0 Å². The van der Waals surface area contributed by atoms with Crippen molar-refractivity contribution >= 4 is 17.6 Å². The molecule has 0 radical (unpaired) electrons. The van der Waals surface area contributed by atoms with Gasteiger partial charge in [-0.1, -0.05) is 12.7 Å². The first kappa shape index (κ1) is 18.7. The van der Waals surface area contributed by atoms with Gasteiger partial charge in [0.15, 0.2) is 0 Å². The molecule has 8 heteroatoms. The molecule has 0 aromatic rings. The van der Waals surface area contributed by atoms with Crippen LogP contribution in [0.5, 0.6) is 0 Å². The summed E-state index contributed by atoms with van der Waals surface area (Å²) in [6, 6.07) is 0. The van der Waals surface area contributed by atoms with Crippen molar-refractivity contribution in [3.63, 3.8) is 0 Å². The van der Waals surface area contributed by atoms with Crippen LogP contribution in [0.25, 0.3) is 0 Å². The molecule has 0 aliphatic heterocycles. The van der Waals surface area contributed by atoms with Crippen LogP contribution in [0.15, 0.2) is 23.6 Å². The monoisotopic (exact) mass is 308 g/mol. The van der Waals surface area contributed by atoms with Crippen molar-refractivity contribution in [1.82, 2.24) is 0 Å². The molecular weight excluding hydrogens is 284 g/mol. The Bertz CT molecular complexity index is 283. The lowest BCUT2D eigenvalue weighted by Gasteiger charge is -2.26. The van der Waals surface area contributed by atoms with Gasteiger partial charge in [-0.25, -0.2) is 0 Å². The largest absolute Gasteiger partial charge is 0.531 e. The average molecular weight is 308 g/mol. The van der Waals surface area contributed by atoms with Crippen molar-refractivity contribution in [2.24, 2.45) is 0 Å². The summed E-state index contributed by atoms with van der Waals surface area (Å²) in [5.41, 5.74) is 1.79. The first-order chi connectivity index (χ1) is 8.99. The average Bonchev–Trinajstić information content (AvgIpc) is 2.46. The minimum atomic E-state index is -2.80. The van der Waals surface area contributed by atoms with Crippen LogP contribution >= 0.6 is 0 Å². The Labute approximate surface area is 117 Å². The molecule has 0 aromatic carbocycles. The Hall–Kier alpha value is -0.326. The summed E-state index contributed by atoms with van der Waals surface area (Å²) in [7, 11) is 3.80. The molecular formula is C11H24O6Si2. The quantitative estimate of drug-likeness (QED) is 0.567. The van der Waals surface area contributed by atoms with Crippen LogP contribution in [0.4, 0.5) is 0 Å². The van der Waals surface area contributed by atoms with E-state index in [1.54, 1.807) is 48.4 Å². The Kier molecular flexibility index (Phi) is 8.62. The lowest BCUT2D eigenvalue weighted by Crippen LogP contribution is -2.45. The second-order valence-corrected chi connectivity index (χ2v) is 9.40. The highest BCUT2D eigenvalue weighted by Crippen LogP contribution is 2.20. The Morgan fingerprint density at radius 1 is 0.842 bits per heavy atom. The SMILES string of the molecule is C=C(CC=C[Si](OC)(OC)OC)[Si](OC)(OC)OC. The Morgan fingerprint density at radius 2 is 1.26 bits per heavy atom. The molecule has 19 heavy (non-hydrogen) atoms. The van der Waals surface area contributed by atoms with Crippen molar-refractivity contribution < 1.29 is 26.6 Å². The van der Waals surface area contributed by atoms with Gasteiger partial charge >= 0.3 is 17.6 Å². The fourth-order valence-corrected chi connectivity index (χ4v) is 4.66. The Morgan fingerprint density at radius 3 is 1.58 bits per heavy atom. The molecule has 0 rings (SSSR count). The van der Waals surface area contributed by atoms with Crippen LogP contribution in [-0.2, 0) is 26.6 Å². The van der Waals surface area contributed by atoms with Crippen molar-refractivity contribution in [3.8, 4) is 0 Å². The molecule has 0 aliphatic carbocycles. The summed E-state index contributed by atoms with van der Waals surface area (Å²) in [5.74, 6) is 0. The molecule has 0 N–H and O–H groups in total. The van der Waals surface area contributed by atoms with Crippen molar-refractivity contribution in [2.45, 2.75) is 6.42 Å². The lowest BCUT2D eigenvalue weighted by atomic mass is 10.4. The van der Waals surface area contributed by atoms with E-state index >= 15 is 0 Å². The third kappa shape index (κ3) is 4.61. The zero-order valence-electron chi connectivity index (χ0n) is 12.5. The van der Waals surface area contributed by atoms with E-state index in [0.717, 1.165) is 5.20 Å². The predicted molar refractivity (Wildman–Crippen MR) is 76.5 cm³/mol. The van der Waals surface area contributed by atoms with Gasteiger partial charge < -0.3 is 26.6 Å². The maximum Gasteiger partial charge on any atom is 0.531 e. The van der Waals surface area contributed by atoms with E-state index in [-0.39, 0.29) is 0 Å². The summed E-state index contributed by atoms with van der Waals surface area (Å²) in [4.78, 5) is 0. The van der Waals surface area contributed by atoms with Gasteiger partial charge in [-0.15, -0.1) is 0 Å². The zero-order chi connectivity index (χ0) is 14.9. The molecule has 0 spiro atoms. The van der Waals surface area contributed by atoms with Gasteiger partial charge in [0, 0.05) is 42.7 Å². The number of hydrogen-bond donors (Lipinski definition) is 0. The summed E-state index contributed by atoms with van der Waals surface area (Å²) < 4.78 is 31.8. The van der Waals surface area contributed by atoms with Gasteiger partial charge in [0.25, 0.3) is 0 Å². The molecule has 0 aliphatic rings. The highest BCUT2D eigenvalue weighted by atomic mass is 28.4. The van der Waals surface area contributed by atoms with Gasteiger partial charge in [0.1, 0.15) is 0 Å². The van der Waals surface area contributed by atoms with Gasteiger partial charge in [-0.05, 0) is 17.3 Å². The maximum atomic E-state index is 5.34. The molecule has 0 atom stereocenters. The van der Waals surface area contributed by atoms with E-state index in [1.807, 2.05) is 6.08 Å². The van der Waals surface area contributed by atoms with Crippen LogP contribution in [0, 0.1) is 0 Å². The number of rotatable bonds is 10. The van der Waals surface area contributed by atoms with Crippen LogP contribution in [-0.4, -0.2) is 60.3 Å². The molecule has 0 aromatic heterocycles. The van der Waals surface area contributed by atoms with E-state index in [4.69, 9.17) is 26.6 Å². The second kappa shape index (κ2) is 8.77. The van der Waals surface area contributed by atoms with E-state index in [0.29, 0.717) is 6.42 Å². The van der Waals surface area contributed by atoms with Gasteiger partial charge in [-0.2, -0.15) is 0 Å². The molecule has 0 bridgehead atoms. The first-order valence-corrected chi connectivity index (χ1v) is 9.19. The molecule has 0 saturated carbocycles. The summed E-state index contributed by atoms with van der Waals surface area (Å²) in [5, 5.41) is 0.752. The zero-order valence-corrected chi connectivity index (χ0v) is 14.5. The van der Waals surface area contributed by atoms with Crippen molar-refractivity contribution in [3.05, 3.63) is 23.6 Å². The molecule has 0 amide bonds. The van der Waals surface area contributed by atoms with Crippen LogP contribution in [0.3, 0.4) is 0 Å². The topological polar surface area (TPSA) is 55.4 Å². The van der Waals surface area contributed by atoms with E-state index in [2.05, 4.69) is 6.58 Å². The Balaban J connectivity index is 4.75. The van der Waals surface area contributed by atoms with Crippen LogP contribution < -0.4 is 0 Å². The van der Waals surface area contributed by atoms with Crippen molar-refractivity contribution in [1.29, 1.82) is 0 Å². The third-order valence-corrected chi connectivity index (χ3v) is 7.81. The van der Waals surface area contributed by atoms with E-state index in [9.17, 15) is 0 Å². The lowest BCUT2D eigenvalue weighted by molar-refractivity contribution is 0.133. The van der Waals surface area contributed by atoms with E-state index in [1.165, 1.54) is 0 Å². The highest BCUT2D eigenvalue weighted by molar-refractivity contribution is 6.68. The molecule has 0 saturated heterocycles. The molecule has 112 valence electrons. The number of hydrogen-bond acceptors (Lipinski definition) is 6. The fraction of sp³-hybridized carbons (Fsp3) is 0.636. The van der Waals surface area contributed by atoms with Crippen LogP contribution in [0.2, 0.25) is 0 Å². The smallest absolute Gasteiger partial charge is 0.374 e. The standard InChI is InChI=1S/C11H24O6Si2/c1-11(19(15-5,16-6)17-7)9-8-10-18(12-2,13-3)14-4/h8,10H,1,9H2,2-7H3. The first-order valence-electron chi connectivity index (χ1n) is 5.66. The predicted octanol–water partition coefficient (Wildman–Crippen LogP) is 1.32. The third-order valence-electron chi connectivity index (χ3n) is 2.78. The summed E-state index contributed by atoms with van der Waals surface area (Å²) in [6.07, 6.45) is 2.40. The normalized spacial score (nSPS) is 13.2. The molecule has 6 nitrogen and oxygen atoms in total. The minimum absolute atomic E-state index is 0.534. The highest BCUT2D eigenvalue weighted by Gasteiger charge is 2.41. The minimum Gasteiger partial charge on any atom is -0.374 e. The van der Waals surface area contributed by atoms with E-state index < -0.39 is 17.6 Å². The van der Waals surface area contributed by atoms with Crippen LogP contribution in [0.1, 0.15) is 6.42 Å².